The van der Waals surface area contributed by atoms with E-state index < -0.39 is 5.91 Å². The highest BCUT2D eigenvalue weighted by Gasteiger charge is 2.13. The molecule has 2 rings (SSSR count). The van der Waals surface area contributed by atoms with Crippen LogP contribution in [-0.2, 0) is 0 Å². The first kappa shape index (κ1) is 16.7. The molecule has 0 saturated carbocycles. The van der Waals surface area contributed by atoms with Crippen molar-refractivity contribution < 1.29 is 9.59 Å². The number of rotatable bonds is 2. The van der Waals surface area contributed by atoms with Crippen molar-refractivity contribution in [2.45, 2.75) is 0 Å². The quantitative estimate of drug-likeness (QED) is 0.558. The maximum Gasteiger partial charge on any atom is 0.279 e. The number of hydrogen-bond donors (Lipinski definition) is 3. The fourth-order valence-electron chi connectivity index (χ4n) is 1.46. The highest BCUT2D eigenvalue weighted by atomic mass is 35.5. The Kier molecular flexibility index (Phi) is 5.73. The molecule has 0 atom stereocenters. The summed E-state index contributed by atoms with van der Waals surface area (Å²) < 4.78 is 0. The molecule has 114 valence electrons. The number of carbonyl (C=O) groups is 2. The lowest BCUT2D eigenvalue weighted by Crippen LogP contribution is -2.48. The van der Waals surface area contributed by atoms with Crippen LogP contribution in [0.3, 0.4) is 0 Å². The van der Waals surface area contributed by atoms with E-state index in [1.165, 1.54) is 29.5 Å². The van der Waals surface area contributed by atoms with Crippen LogP contribution in [0.2, 0.25) is 10.0 Å². The van der Waals surface area contributed by atoms with Crippen molar-refractivity contribution in [3.63, 3.8) is 0 Å². The van der Waals surface area contributed by atoms with Gasteiger partial charge in [0.15, 0.2) is 5.11 Å². The van der Waals surface area contributed by atoms with Gasteiger partial charge in [-0.25, -0.2) is 0 Å². The van der Waals surface area contributed by atoms with Crippen LogP contribution in [0, 0.1) is 0 Å². The summed E-state index contributed by atoms with van der Waals surface area (Å²) in [4.78, 5) is 24.2. The smallest absolute Gasteiger partial charge is 0.279 e. The first-order chi connectivity index (χ1) is 10.5. The van der Waals surface area contributed by atoms with Crippen LogP contribution in [0.4, 0.5) is 0 Å². The van der Waals surface area contributed by atoms with Crippen LogP contribution in [-0.4, -0.2) is 16.9 Å². The minimum Gasteiger partial charge on any atom is -0.298 e. The standard InChI is InChI=1S/C13H9Cl2N3O2S2/c14-7-3-4-8(9(15)6-7)11(19)16-13(21)18-17-12(20)10-2-1-5-22-10/h1-6H,(H,17,20)(H2,16,18,19,21). The zero-order chi connectivity index (χ0) is 16.1. The Morgan fingerprint density at radius 1 is 1.09 bits per heavy atom. The molecule has 22 heavy (non-hydrogen) atoms. The van der Waals surface area contributed by atoms with Gasteiger partial charge >= 0.3 is 0 Å². The number of thiocarbonyl (C=S) groups is 1. The monoisotopic (exact) mass is 373 g/mol. The second-order valence-corrected chi connectivity index (χ2v) is 6.16. The minimum absolute atomic E-state index is 0.0547. The Bertz CT molecular complexity index is 720. The van der Waals surface area contributed by atoms with Gasteiger partial charge in [-0.15, -0.1) is 11.3 Å². The zero-order valence-corrected chi connectivity index (χ0v) is 14.0. The van der Waals surface area contributed by atoms with Crippen molar-refractivity contribution in [2.75, 3.05) is 0 Å². The number of benzene rings is 1. The molecule has 0 unspecified atom stereocenters. The van der Waals surface area contributed by atoms with E-state index in [0.717, 1.165) is 0 Å². The van der Waals surface area contributed by atoms with Crippen molar-refractivity contribution in [3.05, 3.63) is 56.2 Å². The summed E-state index contributed by atoms with van der Waals surface area (Å²) in [6.07, 6.45) is 0. The average Bonchev–Trinajstić information content (AvgIpc) is 2.98. The fourth-order valence-corrected chi connectivity index (χ4v) is 2.72. The maximum atomic E-state index is 12.0. The Hall–Kier alpha value is -1.67. The molecule has 5 nitrogen and oxygen atoms in total. The zero-order valence-electron chi connectivity index (χ0n) is 10.9. The van der Waals surface area contributed by atoms with Crippen LogP contribution in [0.5, 0.6) is 0 Å². The van der Waals surface area contributed by atoms with Crippen LogP contribution in [0.15, 0.2) is 35.7 Å². The third kappa shape index (κ3) is 4.41. The number of hydrogen-bond acceptors (Lipinski definition) is 4. The molecule has 1 aromatic carbocycles. The maximum absolute atomic E-state index is 12.0. The molecule has 1 heterocycles. The van der Waals surface area contributed by atoms with E-state index in [2.05, 4.69) is 16.2 Å². The van der Waals surface area contributed by atoms with Gasteiger partial charge in [-0.3, -0.25) is 25.8 Å². The molecule has 0 aliphatic carbocycles. The molecule has 2 amide bonds. The van der Waals surface area contributed by atoms with Crippen LogP contribution < -0.4 is 16.2 Å². The SMILES string of the molecule is O=C(NNC(=S)NC(=O)c1ccc(Cl)cc1Cl)c1cccs1. The summed E-state index contributed by atoms with van der Waals surface area (Å²) in [5, 5.41) is 4.75. The summed E-state index contributed by atoms with van der Waals surface area (Å²) in [6, 6.07) is 7.89. The lowest BCUT2D eigenvalue weighted by Gasteiger charge is -2.10. The average molecular weight is 374 g/mol. The molecular formula is C13H9Cl2N3O2S2. The van der Waals surface area contributed by atoms with Gasteiger partial charge < -0.3 is 0 Å². The molecule has 1 aromatic heterocycles. The van der Waals surface area contributed by atoms with E-state index in [4.69, 9.17) is 35.4 Å². The number of nitrogens with one attached hydrogen (secondary N) is 3. The third-order valence-electron chi connectivity index (χ3n) is 2.44. The number of halogens is 2. The van der Waals surface area contributed by atoms with Crippen molar-refractivity contribution >= 4 is 63.7 Å². The van der Waals surface area contributed by atoms with Gasteiger partial charge in [0.2, 0.25) is 0 Å². The Labute approximate surface area is 145 Å². The lowest BCUT2D eigenvalue weighted by atomic mass is 10.2. The first-order valence-electron chi connectivity index (χ1n) is 5.87. The summed E-state index contributed by atoms with van der Waals surface area (Å²) in [5.74, 6) is -0.860. The highest BCUT2D eigenvalue weighted by Crippen LogP contribution is 2.20. The molecule has 0 aliphatic rings. The van der Waals surface area contributed by atoms with Crippen LogP contribution in [0.25, 0.3) is 0 Å². The fraction of sp³-hybridized carbons (Fsp3) is 0. The normalized spacial score (nSPS) is 9.91. The van der Waals surface area contributed by atoms with Gasteiger partial charge in [0.05, 0.1) is 15.5 Å². The van der Waals surface area contributed by atoms with E-state index in [1.807, 2.05) is 0 Å². The van der Waals surface area contributed by atoms with Gasteiger partial charge in [-0.2, -0.15) is 0 Å². The van der Waals surface area contributed by atoms with E-state index in [0.29, 0.717) is 9.90 Å². The van der Waals surface area contributed by atoms with Crippen LogP contribution >= 0.6 is 46.8 Å². The van der Waals surface area contributed by atoms with Gasteiger partial charge in [0.1, 0.15) is 0 Å². The van der Waals surface area contributed by atoms with E-state index in [-0.39, 0.29) is 21.6 Å². The molecule has 9 heteroatoms. The molecule has 3 N–H and O–H groups in total. The molecule has 0 spiro atoms. The predicted octanol–water partition coefficient (Wildman–Crippen LogP) is 3.00. The molecule has 0 fully saturated rings. The minimum atomic E-state index is -0.510. The molecule has 2 aromatic rings. The summed E-state index contributed by atoms with van der Waals surface area (Å²) in [6.45, 7) is 0. The largest absolute Gasteiger partial charge is 0.298 e. The van der Waals surface area contributed by atoms with Crippen LogP contribution in [0.1, 0.15) is 20.0 Å². The first-order valence-corrected chi connectivity index (χ1v) is 7.92. The van der Waals surface area contributed by atoms with E-state index in [9.17, 15) is 9.59 Å². The van der Waals surface area contributed by atoms with E-state index >= 15 is 0 Å². The van der Waals surface area contributed by atoms with Gasteiger partial charge in [-0.1, -0.05) is 29.3 Å². The number of thiophene rings is 1. The Balaban J connectivity index is 1.89. The highest BCUT2D eigenvalue weighted by molar-refractivity contribution is 7.80. The van der Waals surface area contributed by atoms with Crippen molar-refractivity contribution in [1.82, 2.24) is 16.2 Å². The number of carbonyl (C=O) groups excluding carboxylic acids is 2. The Morgan fingerprint density at radius 2 is 1.86 bits per heavy atom. The second-order valence-electron chi connectivity index (χ2n) is 3.96. The molecule has 0 saturated heterocycles. The van der Waals surface area contributed by atoms with Gasteiger partial charge in [-0.05, 0) is 41.9 Å². The van der Waals surface area contributed by atoms with Crippen molar-refractivity contribution in [2.24, 2.45) is 0 Å². The second kappa shape index (κ2) is 7.55. The summed E-state index contributed by atoms with van der Waals surface area (Å²) in [5.41, 5.74) is 5.04. The van der Waals surface area contributed by atoms with Crippen molar-refractivity contribution in [1.29, 1.82) is 0 Å². The van der Waals surface area contributed by atoms with Crippen molar-refractivity contribution in [3.8, 4) is 0 Å². The van der Waals surface area contributed by atoms with Gasteiger partial charge in [0.25, 0.3) is 11.8 Å². The summed E-state index contributed by atoms with van der Waals surface area (Å²) >= 11 is 17.9. The number of hydrazine groups is 1. The molecule has 0 bridgehead atoms. The predicted molar refractivity (Wildman–Crippen MR) is 91.4 cm³/mol. The third-order valence-corrected chi connectivity index (χ3v) is 4.06. The summed E-state index contributed by atoms with van der Waals surface area (Å²) in [7, 11) is 0. The lowest BCUT2D eigenvalue weighted by molar-refractivity contribution is 0.0938. The topological polar surface area (TPSA) is 70.2 Å². The van der Waals surface area contributed by atoms with E-state index in [1.54, 1.807) is 17.5 Å². The Morgan fingerprint density at radius 3 is 2.50 bits per heavy atom. The molecule has 0 radical (unpaired) electrons. The number of amides is 2. The molecule has 0 aliphatic heterocycles. The van der Waals surface area contributed by atoms with Gasteiger partial charge in [0, 0.05) is 5.02 Å². The molecular weight excluding hydrogens is 365 g/mol.